The fraction of sp³-hybridized carbons (Fsp3) is 0.611. The van der Waals surface area contributed by atoms with E-state index in [-0.39, 0.29) is 11.9 Å². The molecule has 1 fully saturated rings. The number of carbonyl (C=O) groups is 1. The SMILES string of the molecule is C=CCN(Cc1cccs1)C(=O)C(C)NC1CCCCC1C. The fourth-order valence-corrected chi connectivity index (χ4v) is 3.93. The van der Waals surface area contributed by atoms with Crippen LogP contribution in [0.2, 0.25) is 0 Å². The topological polar surface area (TPSA) is 32.3 Å². The Morgan fingerprint density at radius 3 is 2.95 bits per heavy atom. The van der Waals surface area contributed by atoms with Crippen molar-refractivity contribution in [3.8, 4) is 0 Å². The standard InChI is InChI=1S/C18H28N2OS/c1-4-11-20(13-16-9-7-12-22-16)18(21)15(3)19-17-10-6-5-8-14(17)2/h4,7,9,12,14-15,17,19H,1,5-6,8,10-11,13H2,2-3H3. The summed E-state index contributed by atoms with van der Waals surface area (Å²) in [6, 6.07) is 4.45. The highest BCUT2D eigenvalue weighted by molar-refractivity contribution is 7.09. The largest absolute Gasteiger partial charge is 0.333 e. The minimum Gasteiger partial charge on any atom is -0.333 e. The Kier molecular flexibility index (Phi) is 6.65. The molecule has 1 N–H and O–H groups in total. The van der Waals surface area contributed by atoms with Crippen LogP contribution in [0.3, 0.4) is 0 Å². The molecular formula is C18H28N2OS. The summed E-state index contributed by atoms with van der Waals surface area (Å²) in [4.78, 5) is 15.9. The van der Waals surface area contributed by atoms with Gasteiger partial charge in [-0.2, -0.15) is 0 Å². The molecule has 3 unspecified atom stereocenters. The summed E-state index contributed by atoms with van der Waals surface area (Å²) in [5.41, 5.74) is 0. The molecule has 1 aromatic rings. The molecule has 0 radical (unpaired) electrons. The van der Waals surface area contributed by atoms with Crippen molar-refractivity contribution in [3.63, 3.8) is 0 Å². The van der Waals surface area contributed by atoms with Crippen LogP contribution in [0.15, 0.2) is 30.2 Å². The number of hydrogen-bond donors (Lipinski definition) is 1. The maximum absolute atomic E-state index is 12.8. The minimum atomic E-state index is -0.134. The van der Waals surface area contributed by atoms with Crippen molar-refractivity contribution in [1.29, 1.82) is 0 Å². The molecular weight excluding hydrogens is 292 g/mol. The smallest absolute Gasteiger partial charge is 0.240 e. The highest BCUT2D eigenvalue weighted by Gasteiger charge is 2.27. The molecule has 0 saturated heterocycles. The third-order valence-electron chi connectivity index (χ3n) is 4.53. The number of hydrogen-bond acceptors (Lipinski definition) is 3. The first-order valence-electron chi connectivity index (χ1n) is 8.30. The van der Waals surface area contributed by atoms with Gasteiger partial charge in [-0.3, -0.25) is 4.79 Å². The average molecular weight is 321 g/mol. The second kappa shape index (κ2) is 8.49. The summed E-state index contributed by atoms with van der Waals surface area (Å²) < 4.78 is 0. The first-order chi connectivity index (χ1) is 10.6. The van der Waals surface area contributed by atoms with Gasteiger partial charge in [-0.15, -0.1) is 17.9 Å². The number of nitrogens with zero attached hydrogens (tertiary/aromatic N) is 1. The van der Waals surface area contributed by atoms with Crippen LogP contribution in [0.1, 0.15) is 44.4 Å². The monoisotopic (exact) mass is 320 g/mol. The van der Waals surface area contributed by atoms with Gasteiger partial charge in [0.2, 0.25) is 5.91 Å². The van der Waals surface area contributed by atoms with Crippen molar-refractivity contribution in [1.82, 2.24) is 10.2 Å². The van der Waals surface area contributed by atoms with Crippen molar-refractivity contribution in [3.05, 3.63) is 35.0 Å². The Morgan fingerprint density at radius 1 is 1.55 bits per heavy atom. The van der Waals surface area contributed by atoms with E-state index in [1.54, 1.807) is 11.3 Å². The molecule has 22 heavy (non-hydrogen) atoms. The normalized spacial score (nSPS) is 23.0. The lowest BCUT2D eigenvalue weighted by Gasteiger charge is -2.33. The van der Waals surface area contributed by atoms with Gasteiger partial charge in [0.1, 0.15) is 0 Å². The molecule has 122 valence electrons. The summed E-state index contributed by atoms with van der Waals surface area (Å²) in [5.74, 6) is 0.834. The van der Waals surface area contributed by atoms with Crippen molar-refractivity contribution < 1.29 is 4.79 Å². The Hall–Kier alpha value is -1.13. The van der Waals surface area contributed by atoms with Gasteiger partial charge in [0.05, 0.1) is 12.6 Å². The van der Waals surface area contributed by atoms with E-state index < -0.39 is 0 Å². The number of carbonyl (C=O) groups excluding carboxylic acids is 1. The van der Waals surface area contributed by atoms with Gasteiger partial charge in [-0.1, -0.05) is 31.9 Å². The van der Waals surface area contributed by atoms with E-state index in [1.165, 1.54) is 30.6 Å². The zero-order chi connectivity index (χ0) is 15.9. The maximum Gasteiger partial charge on any atom is 0.240 e. The molecule has 2 rings (SSSR count). The van der Waals surface area contributed by atoms with Crippen LogP contribution in [-0.2, 0) is 11.3 Å². The molecule has 0 spiro atoms. The number of amides is 1. The van der Waals surface area contributed by atoms with Crippen LogP contribution in [0.5, 0.6) is 0 Å². The van der Waals surface area contributed by atoms with Crippen LogP contribution in [-0.4, -0.2) is 29.4 Å². The predicted molar refractivity (Wildman–Crippen MR) is 94.0 cm³/mol. The van der Waals surface area contributed by atoms with Crippen LogP contribution >= 0.6 is 11.3 Å². The first-order valence-corrected chi connectivity index (χ1v) is 9.18. The summed E-state index contributed by atoms with van der Waals surface area (Å²) in [6.07, 6.45) is 6.86. The quantitative estimate of drug-likeness (QED) is 0.775. The molecule has 1 heterocycles. The summed E-state index contributed by atoms with van der Waals surface area (Å²) in [6.45, 7) is 9.35. The van der Waals surface area contributed by atoms with Crippen LogP contribution < -0.4 is 5.32 Å². The second-order valence-corrected chi connectivity index (χ2v) is 7.38. The Morgan fingerprint density at radius 2 is 2.32 bits per heavy atom. The van der Waals surface area contributed by atoms with Crippen molar-refractivity contribution in [2.75, 3.05) is 6.54 Å². The summed E-state index contributed by atoms with van der Waals surface area (Å²) in [7, 11) is 0. The third-order valence-corrected chi connectivity index (χ3v) is 5.40. The van der Waals surface area contributed by atoms with Gasteiger partial charge in [0, 0.05) is 17.5 Å². The molecule has 1 aromatic heterocycles. The van der Waals surface area contributed by atoms with E-state index in [4.69, 9.17) is 0 Å². The second-order valence-electron chi connectivity index (χ2n) is 6.34. The van der Waals surface area contributed by atoms with Gasteiger partial charge in [-0.25, -0.2) is 0 Å². The van der Waals surface area contributed by atoms with Gasteiger partial charge >= 0.3 is 0 Å². The summed E-state index contributed by atoms with van der Waals surface area (Å²) >= 11 is 1.69. The van der Waals surface area contributed by atoms with E-state index in [0.717, 1.165) is 0 Å². The first kappa shape index (κ1) is 17.2. The predicted octanol–water partition coefficient (Wildman–Crippen LogP) is 3.82. The average Bonchev–Trinajstić information content (AvgIpc) is 3.01. The molecule has 0 bridgehead atoms. The molecule has 0 aromatic carbocycles. The van der Waals surface area contributed by atoms with Gasteiger partial charge < -0.3 is 10.2 Å². The minimum absolute atomic E-state index is 0.134. The van der Waals surface area contributed by atoms with E-state index in [0.29, 0.717) is 25.0 Å². The molecule has 3 atom stereocenters. The number of nitrogens with one attached hydrogen (secondary N) is 1. The molecule has 0 aliphatic heterocycles. The van der Waals surface area contributed by atoms with Crippen molar-refractivity contribution >= 4 is 17.2 Å². The van der Waals surface area contributed by atoms with Gasteiger partial charge in [0.15, 0.2) is 0 Å². The fourth-order valence-electron chi connectivity index (χ4n) is 3.21. The zero-order valence-electron chi connectivity index (χ0n) is 13.8. The molecule has 1 aliphatic rings. The van der Waals surface area contributed by atoms with E-state index in [1.807, 2.05) is 24.0 Å². The van der Waals surface area contributed by atoms with Crippen LogP contribution in [0.25, 0.3) is 0 Å². The molecule has 1 aliphatic carbocycles. The highest BCUT2D eigenvalue weighted by Crippen LogP contribution is 2.24. The Labute approximate surface area is 138 Å². The lowest BCUT2D eigenvalue weighted by Crippen LogP contribution is -2.50. The van der Waals surface area contributed by atoms with E-state index in [9.17, 15) is 4.79 Å². The molecule has 3 nitrogen and oxygen atoms in total. The molecule has 4 heteroatoms. The van der Waals surface area contributed by atoms with Crippen LogP contribution in [0, 0.1) is 5.92 Å². The van der Waals surface area contributed by atoms with E-state index >= 15 is 0 Å². The van der Waals surface area contributed by atoms with E-state index in [2.05, 4.69) is 30.3 Å². The zero-order valence-corrected chi connectivity index (χ0v) is 14.6. The van der Waals surface area contributed by atoms with Crippen LogP contribution in [0.4, 0.5) is 0 Å². The molecule has 1 amide bonds. The number of thiophene rings is 1. The van der Waals surface area contributed by atoms with Crippen molar-refractivity contribution in [2.45, 2.75) is 58.2 Å². The lowest BCUT2D eigenvalue weighted by atomic mass is 9.85. The van der Waals surface area contributed by atoms with Gasteiger partial charge in [0.25, 0.3) is 0 Å². The highest BCUT2D eigenvalue weighted by atomic mass is 32.1. The lowest BCUT2D eigenvalue weighted by molar-refractivity contribution is -0.133. The van der Waals surface area contributed by atoms with Crippen molar-refractivity contribution in [2.24, 2.45) is 5.92 Å². The molecule has 1 saturated carbocycles. The van der Waals surface area contributed by atoms with Gasteiger partial charge in [-0.05, 0) is 37.1 Å². The Balaban J connectivity index is 1.94. The summed E-state index contributed by atoms with van der Waals surface area (Å²) in [5, 5.41) is 5.62. The Bertz CT molecular complexity index is 471. The third kappa shape index (κ3) is 4.68. The number of rotatable bonds is 7. The maximum atomic E-state index is 12.8.